The van der Waals surface area contributed by atoms with Crippen LogP contribution in [0.2, 0.25) is 0 Å². The predicted molar refractivity (Wildman–Crippen MR) is 59.6 cm³/mol. The van der Waals surface area contributed by atoms with E-state index in [0.717, 1.165) is 17.7 Å². The summed E-state index contributed by atoms with van der Waals surface area (Å²) < 4.78 is 0. The number of rotatable bonds is 3. The first kappa shape index (κ1) is 10.8. The number of carbonyl (C=O) groups is 1. The van der Waals surface area contributed by atoms with Gasteiger partial charge in [-0.2, -0.15) is 0 Å². The Morgan fingerprint density at radius 3 is 3.25 bits per heavy atom. The summed E-state index contributed by atoms with van der Waals surface area (Å²) in [4.78, 5) is 23.7. The zero-order valence-electron chi connectivity index (χ0n) is 8.77. The maximum absolute atomic E-state index is 11.9. The average molecular weight is 216 g/mol. The van der Waals surface area contributed by atoms with Crippen molar-refractivity contribution in [2.75, 3.05) is 11.4 Å². The Balaban J connectivity index is 2.19. The lowest BCUT2D eigenvalue weighted by molar-refractivity contribution is -0.119. The molecule has 0 aliphatic carbocycles. The van der Waals surface area contributed by atoms with Crippen LogP contribution in [0.1, 0.15) is 12.0 Å². The second-order valence-corrected chi connectivity index (χ2v) is 3.75. The molecule has 1 amide bonds. The molecule has 0 spiro atoms. The van der Waals surface area contributed by atoms with Gasteiger partial charge in [-0.25, -0.2) is 0 Å². The Morgan fingerprint density at radius 2 is 2.50 bits per heavy atom. The Hall–Kier alpha value is -1.68. The predicted octanol–water partition coefficient (Wildman–Crippen LogP) is 0.203. The average Bonchev–Trinajstić information content (AvgIpc) is 2.72. The molecule has 82 valence electrons. The molecule has 0 fully saturated rings. The number of anilines is 1. The Labute approximate surface area is 94.0 Å². The van der Waals surface area contributed by atoms with E-state index in [1.165, 1.54) is 0 Å². The first-order valence-corrected chi connectivity index (χ1v) is 5.15. The monoisotopic (exact) mass is 216 g/mol. The summed E-state index contributed by atoms with van der Waals surface area (Å²) in [6.45, 7) is 0.624. The number of nitrogens with two attached hydrogens (primary N) is 1. The zero-order chi connectivity index (χ0) is 11.5. The SMILES string of the molecule is N[C@@H](C[C]=O)C(=O)N1CCc2cc[c]cc21. The molecule has 4 heteroatoms. The fourth-order valence-electron chi connectivity index (χ4n) is 1.88. The van der Waals surface area contributed by atoms with Crippen molar-refractivity contribution >= 4 is 17.9 Å². The minimum absolute atomic E-state index is 0.0544. The van der Waals surface area contributed by atoms with Crippen LogP contribution in [-0.4, -0.2) is 24.8 Å². The number of hydrogen-bond acceptors (Lipinski definition) is 3. The maximum atomic E-state index is 11.9. The first-order chi connectivity index (χ1) is 7.74. The van der Waals surface area contributed by atoms with Crippen LogP contribution < -0.4 is 10.6 Å². The standard InChI is InChI=1S/C12H12N2O2/c13-10(6-8-15)12(16)14-7-5-9-3-1-2-4-11(9)14/h1,3-4,10H,5-7,13H2/t10-/m0/s1. The van der Waals surface area contributed by atoms with Gasteiger partial charge in [0.25, 0.3) is 0 Å². The van der Waals surface area contributed by atoms with Gasteiger partial charge in [-0.3, -0.25) is 9.59 Å². The molecule has 1 heterocycles. The van der Waals surface area contributed by atoms with E-state index in [2.05, 4.69) is 6.07 Å². The number of amides is 1. The molecule has 2 rings (SSSR count). The molecule has 4 nitrogen and oxygen atoms in total. The van der Waals surface area contributed by atoms with E-state index in [1.807, 2.05) is 12.1 Å². The van der Waals surface area contributed by atoms with Crippen LogP contribution in [-0.2, 0) is 16.0 Å². The molecule has 1 aliphatic heterocycles. The lowest BCUT2D eigenvalue weighted by atomic mass is 10.1. The van der Waals surface area contributed by atoms with Crippen LogP contribution in [0.15, 0.2) is 18.2 Å². The van der Waals surface area contributed by atoms with Gasteiger partial charge in [0.1, 0.15) is 0 Å². The van der Waals surface area contributed by atoms with Crippen LogP contribution in [0.3, 0.4) is 0 Å². The van der Waals surface area contributed by atoms with Crippen molar-refractivity contribution < 1.29 is 9.59 Å². The van der Waals surface area contributed by atoms with Gasteiger partial charge >= 0.3 is 0 Å². The van der Waals surface area contributed by atoms with Crippen molar-refractivity contribution in [3.8, 4) is 0 Å². The molecule has 0 unspecified atom stereocenters. The highest BCUT2D eigenvalue weighted by atomic mass is 16.2. The van der Waals surface area contributed by atoms with Crippen molar-refractivity contribution in [3.63, 3.8) is 0 Å². The minimum atomic E-state index is -0.788. The van der Waals surface area contributed by atoms with Crippen molar-refractivity contribution in [1.29, 1.82) is 0 Å². The van der Waals surface area contributed by atoms with Crippen molar-refractivity contribution in [1.82, 2.24) is 0 Å². The van der Waals surface area contributed by atoms with Gasteiger partial charge in [-0.15, -0.1) is 0 Å². The third-order valence-electron chi connectivity index (χ3n) is 2.71. The van der Waals surface area contributed by atoms with Gasteiger partial charge < -0.3 is 10.6 Å². The minimum Gasteiger partial charge on any atom is -0.320 e. The van der Waals surface area contributed by atoms with Crippen LogP contribution in [0.5, 0.6) is 0 Å². The Bertz CT molecular complexity index is 417. The fourth-order valence-corrected chi connectivity index (χ4v) is 1.88. The van der Waals surface area contributed by atoms with Gasteiger partial charge in [0.15, 0.2) is 0 Å². The van der Waals surface area contributed by atoms with Crippen LogP contribution in [0.25, 0.3) is 0 Å². The van der Waals surface area contributed by atoms with E-state index in [4.69, 9.17) is 5.73 Å². The van der Waals surface area contributed by atoms with Gasteiger partial charge in [0.2, 0.25) is 12.2 Å². The van der Waals surface area contributed by atoms with Gasteiger partial charge in [0.05, 0.1) is 6.04 Å². The molecule has 0 saturated heterocycles. The second kappa shape index (κ2) is 4.45. The summed E-state index contributed by atoms with van der Waals surface area (Å²) in [5, 5.41) is 0. The summed E-state index contributed by atoms with van der Waals surface area (Å²) >= 11 is 0. The summed E-state index contributed by atoms with van der Waals surface area (Å²) in [5.41, 5.74) is 7.58. The third kappa shape index (κ3) is 1.84. The smallest absolute Gasteiger partial charge is 0.244 e. The van der Waals surface area contributed by atoms with E-state index in [9.17, 15) is 9.59 Å². The molecule has 2 N–H and O–H groups in total. The van der Waals surface area contributed by atoms with Crippen LogP contribution >= 0.6 is 0 Å². The number of hydrogen-bond donors (Lipinski definition) is 1. The van der Waals surface area contributed by atoms with E-state index < -0.39 is 6.04 Å². The molecule has 16 heavy (non-hydrogen) atoms. The number of benzene rings is 1. The van der Waals surface area contributed by atoms with Gasteiger partial charge in [-0.05, 0) is 24.1 Å². The second-order valence-electron chi connectivity index (χ2n) is 3.75. The Kier molecular flexibility index (Phi) is 3.01. The summed E-state index contributed by atoms with van der Waals surface area (Å²) in [6.07, 6.45) is 2.44. The molecule has 0 bridgehead atoms. The molecular formula is C12H12N2O2. The Morgan fingerprint density at radius 1 is 1.69 bits per heavy atom. The van der Waals surface area contributed by atoms with E-state index in [0.29, 0.717) is 6.54 Å². The summed E-state index contributed by atoms with van der Waals surface area (Å²) in [6, 6.07) is 7.69. The lowest BCUT2D eigenvalue weighted by Gasteiger charge is -2.20. The van der Waals surface area contributed by atoms with E-state index in [1.54, 1.807) is 17.3 Å². The molecule has 0 aromatic heterocycles. The highest BCUT2D eigenvalue weighted by Gasteiger charge is 2.27. The van der Waals surface area contributed by atoms with Crippen molar-refractivity contribution in [2.24, 2.45) is 5.73 Å². The third-order valence-corrected chi connectivity index (χ3v) is 2.71. The molecule has 1 aromatic rings. The molecule has 2 radical (unpaired) electrons. The van der Waals surface area contributed by atoms with Crippen LogP contribution in [0, 0.1) is 6.07 Å². The van der Waals surface area contributed by atoms with E-state index >= 15 is 0 Å². The number of carbonyl (C=O) groups excluding carboxylic acids is 2. The fraction of sp³-hybridized carbons (Fsp3) is 0.333. The largest absolute Gasteiger partial charge is 0.320 e. The number of fused-ring (bicyclic) bond motifs is 1. The lowest BCUT2D eigenvalue weighted by Crippen LogP contribution is -2.43. The maximum Gasteiger partial charge on any atom is 0.244 e. The highest BCUT2D eigenvalue weighted by Crippen LogP contribution is 2.27. The van der Waals surface area contributed by atoms with Crippen molar-refractivity contribution in [3.05, 3.63) is 29.8 Å². The molecule has 0 saturated carbocycles. The van der Waals surface area contributed by atoms with Crippen molar-refractivity contribution in [2.45, 2.75) is 18.9 Å². The van der Waals surface area contributed by atoms with Crippen LogP contribution in [0.4, 0.5) is 5.69 Å². The molecule has 1 aromatic carbocycles. The van der Waals surface area contributed by atoms with Gasteiger partial charge in [-0.1, -0.05) is 12.1 Å². The highest BCUT2D eigenvalue weighted by molar-refractivity contribution is 5.99. The first-order valence-electron chi connectivity index (χ1n) is 5.15. The molecule has 1 aliphatic rings. The topological polar surface area (TPSA) is 63.4 Å². The van der Waals surface area contributed by atoms with E-state index in [-0.39, 0.29) is 12.3 Å². The quantitative estimate of drug-likeness (QED) is 0.785. The number of nitrogens with zero attached hydrogens (tertiary/aromatic N) is 1. The van der Waals surface area contributed by atoms with Gasteiger partial charge in [0, 0.05) is 18.7 Å². The summed E-state index contributed by atoms with van der Waals surface area (Å²) in [5.74, 6) is -0.221. The zero-order valence-corrected chi connectivity index (χ0v) is 8.77. The molecule has 1 atom stereocenters. The summed E-state index contributed by atoms with van der Waals surface area (Å²) in [7, 11) is 0. The molecular weight excluding hydrogens is 204 g/mol. The normalized spacial score (nSPS) is 15.7.